The molecule has 0 unspecified atom stereocenters. The first-order valence-electron chi connectivity index (χ1n) is 14.5. The second-order valence-electron chi connectivity index (χ2n) is 12.4. The molecule has 1 amide bonds. The second-order valence-corrected chi connectivity index (χ2v) is 12.4. The Hall–Kier alpha value is -3.02. The van der Waals surface area contributed by atoms with E-state index in [4.69, 9.17) is 14.6 Å². The molecule has 40 heavy (non-hydrogen) atoms. The minimum atomic E-state index is -0.819. The maximum absolute atomic E-state index is 13.6. The number of rotatable bonds is 8. The summed E-state index contributed by atoms with van der Waals surface area (Å²) in [5.41, 5.74) is 3.09. The normalized spacial score (nSPS) is 25.9. The number of aliphatic hydroxyl groups is 1. The first-order chi connectivity index (χ1) is 19.2. The summed E-state index contributed by atoms with van der Waals surface area (Å²) in [6.45, 7) is 9.45. The van der Waals surface area contributed by atoms with Crippen LogP contribution in [0.25, 0.3) is 16.6 Å². The lowest BCUT2D eigenvalue weighted by Gasteiger charge is -2.30. The average molecular weight is 552 g/mol. The number of likely N-dealkylation sites (tertiary alicyclic amines) is 1. The summed E-state index contributed by atoms with van der Waals surface area (Å²) in [6, 6.07) is 2.25. The van der Waals surface area contributed by atoms with Crippen LogP contribution in [0.15, 0.2) is 24.7 Å². The molecule has 0 radical (unpaired) electrons. The van der Waals surface area contributed by atoms with Gasteiger partial charge in [0.25, 0.3) is 0 Å². The summed E-state index contributed by atoms with van der Waals surface area (Å²) in [6.07, 6.45) is 8.80. The second kappa shape index (κ2) is 10.8. The molecular weight excluding hydrogens is 510 g/mol. The topological polar surface area (TPSA) is 119 Å². The molecule has 3 atom stereocenters. The van der Waals surface area contributed by atoms with Crippen LogP contribution in [-0.2, 0) is 19.8 Å². The first-order valence-corrected chi connectivity index (χ1v) is 14.5. The fraction of sp³-hybridized carbons (Fsp3) is 0.655. The van der Waals surface area contributed by atoms with Crippen molar-refractivity contribution in [3.63, 3.8) is 0 Å². The molecule has 0 spiro atoms. The van der Waals surface area contributed by atoms with Crippen LogP contribution in [0.5, 0.6) is 0 Å². The Morgan fingerprint density at radius 1 is 1.20 bits per heavy atom. The van der Waals surface area contributed by atoms with Gasteiger partial charge in [0, 0.05) is 67.0 Å². The molecular formula is C29H41N7O4. The van der Waals surface area contributed by atoms with E-state index >= 15 is 0 Å². The Morgan fingerprint density at radius 2 is 1.93 bits per heavy atom. The number of fused-ring (bicyclic) bond motifs is 2. The van der Waals surface area contributed by atoms with E-state index in [1.807, 2.05) is 48.8 Å². The quantitative estimate of drug-likeness (QED) is 0.439. The molecule has 11 nitrogen and oxygen atoms in total. The maximum Gasteiger partial charge on any atom is 0.249 e. The minimum Gasteiger partial charge on any atom is -0.393 e. The van der Waals surface area contributed by atoms with Gasteiger partial charge in [-0.2, -0.15) is 5.10 Å². The predicted octanol–water partition coefficient (Wildman–Crippen LogP) is 2.90. The molecule has 6 rings (SSSR count). The molecule has 2 aliphatic heterocycles. The summed E-state index contributed by atoms with van der Waals surface area (Å²) in [4.78, 5) is 20.2. The number of ether oxygens (including phenoxy) is 2. The smallest absolute Gasteiger partial charge is 0.249 e. The molecule has 1 aliphatic carbocycles. The molecule has 2 N–H and O–H groups in total. The van der Waals surface area contributed by atoms with Gasteiger partial charge >= 0.3 is 0 Å². The van der Waals surface area contributed by atoms with Crippen LogP contribution in [0.4, 0.5) is 5.95 Å². The van der Waals surface area contributed by atoms with E-state index in [1.54, 1.807) is 11.8 Å². The Balaban J connectivity index is 1.31. The van der Waals surface area contributed by atoms with Crippen LogP contribution >= 0.6 is 0 Å². The van der Waals surface area contributed by atoms with Crippen LogP contribution in [0.3, 0.4) is 0 Å². The van der Waals surface area contributed by atoms with Crippen molar-refractivity contribution in [1.82, 2.24) is 29.3 Å². The van der Waals surface area contributed by atoms with Gasteiger partial charge in [0.1, 0.15) is 5.54 Å². The number of nitrogens with one attached hydrogen (secondary N) is 1. The number of carbonyl (C=O) groups excluding carboxylic acids is 1. The molecule has 216 valence electrons. The summed E-state index contributed by atoms with van der Waals surface area (Å²) in [7, 11) is 1.68. The molecule has 3 fully saturated rings. The van der Waals surface area contributed by atoms with Crippen molar-refractivity contribution >= 4 is 17.4 Å². The number of methoxy groups -OCH3 is 1. The number of anilines is 1. The van der Waals surface area contributed by atoms with E-state index in [0.717, 1.165) is 74.3 Å². The van der Waals surface area contributed by atoms with Gasteiger partial charge in [-0.25, -0.2) is 9.50 Å². The lowest BCUT2D eigenvalue weighted by molar-refractivity contribution is -0.139. The molecule has 3 aromatic rings. The van der Waals surface area contributed by atoms with Gasteiger partial charge in [-0.3, -0.25) is 9.48 Å². The summed E-state index contributed by atoms with van der Waals surface area (Å²) < 4.78 is 14.6. The molecule has 1 saturated carbocycles. The highest BCUT2D eigenvalue weighted by Crippen LogP contribution is 2.38. The van der Waals surface area contributed by atoms with Crippen LogP contribution in [-0.4, -0.2) is 92.5 Å². The Bertz CT molecular complexity index is 1350. The van der Waals surface area contributed by atoms with Gasteiger partial charge in [0.15, 0.2) is 0 Å². The zero-order chi connectivity index (χ0) is 28.0. The van der Waals surface area contributed by atoms with E-state index in [0.29, 0.717) is 24.4 Å². The molecule has 3 aliphatic rings. The van der Waals surface area contributed by atoms with Crippen LogP contribution in [0.2, 0.25) is 0 Å². The number of nitrogens with zero attached hydrogens (tertiary/aromatic N) is 6. The van der Waals surface area contributed by atoms with Crippen molar-refractivity contribution < 1.29 is 19.4 Å². The van der Waals surface area contributed by atoms with E-state index in [2.05, 4.69) is 21.5 Å². The standard InChI is InChI=1S/C29H41N7O4/c1-18(15-39-4)32-28-30-11-26-24(9-25(36(26)33-28)19-5-7-23(37)8-6-19)20-10-31-35(14-20)29(2,3)27(38)34-12-21-16-40-17-22(21)13-34/h9-11,14,18-19,21-23,37H,5-8,12-13,15-17H2,1-4H3,(H,32,33)/t18-,19?,21-,22+,23?/m0/s1. The third-order valence-electron chi connectivity index (χ3n) is 8.97. The van der Waals surface area contributed by atoms with Crippen molar-refractivity contribution in [3.8, 4) is 11.1 Å². The zero-order valence-electron chi connectivity index (χ0n) is 23.9. The summed E-state index contributed by atoms with van der Waals surface area (Å²) >= 11 is 0. The van der Waals surface area contributed by atoms with Gasteiger partial charge in [0.2, 0.25) is 11.9 Å². The monoisotopic (exact) mass is 551 g/mol. The molecule has 11 heteroatoms. The third-order valence-corrected chi connectivity index (χ3v) is 8.97. The molecule has 2 saturated heterocycles. The lowest BCUT2D eigenvalue weighted by Crippen LogP contribution is -2.46. The van der Waals surface area contributed by atoms with Crippen molar-refractivity contribution in [2.24, 2.45) is 11.8 Å². The zero-order valence-corrected chi connectivity index (χ0v) is 23.9. The van der Waals surface area contributed by atoms with Gasteiger partial charge in [-0.15, -0.1) is 5.10 Å². The van der Waals surface area contributed by atoms with Crippen molar-refractivity contribution in [1.29, 1.82) is 0 Å². The van der Waals surface area contributed by atoms with E-state index in [-0.39, 0.29) is 24.0 Å². The maximum atomic E-state index is 13.6. The van der Waals surface area contributed by atoms with Gasteiger partial charge in [-0.1, -0.05) is 0 Å². The number of hydrogen-bond acceptors (Lipinski definition) is 8. The molecule has 0 aromatic carbocycles. The van der Waals surface area contributed by atoms with Crippen molar-refractivity contribution in [2.75, 3.05) is 45.3 Å². The van der Waals surface area contributed by atoms with Gasteiger partial charge < -0.3 is 24.8 Å². The van der Waals surface area contributed by atoms with Crippen molar-refractivity contribution in [2.45, 2.75) is 70.1 Å². The summed E-state index contributed by atoms with van der Waals surface area (Å²) in [5, 5.41) is 23.0. The van der Waals surface area contributed by atoms with E-state index in [9.17, 15) is 9.90 Å². The number of aliphatic hydroxyl groups excluding tert-OH is 1. The number of amides is 1. The average Bonchev–Trinajstić information content (AvgIpc) is 3.71. The highest BCUT2D eigenvalue weighted by atomic mass is 16.5. The Labute approximate surface area is 234 Å². The van der Waals surface area contributed by atoms with Crippen molar-refractivity contribution in [3.05, 3.63) is 30.4 Å². The Kier molecular flexibility index (Phi) is 7.30. The molecule has 0 bridgehead atoms. The van der Waals surface area contributed by atoms with E-state index in [1.165, 1.54) is 0 Å². The number of carbonyl (C=O) groups is 1. The predicted molar refractivity (Wildman–Crippen MR) is 150 cm³/mol. The Morgan fingerprint density at radius 3 is 2.62 bits per heavy atom. The molecule has 3 aromatic heterocycles. The van der Waals surface area contributed by atoms with E-state index < -0.39 is 5.54 Å². The number of hydrogen-bond donors (Lipinski definition) is 2. The van der Waals surface area contributed by atoms with Gasteiger partial charge in [0.05, 0.1) is 43.8 Å². The highest BCUT2D eigenvalue weighted by molar-refractivity contribution is 5.85. The fourth-order valence-corrected chi connectivity index (χ4v) is 6.59. The van der Waals surface area contributed by atoms with Crippen LogP contribution in [0, 0.1) is 11.8 Å². The van der Waals surface area contributed by atoms with Crippen LogP contribution < -0.4 is 5.32 Å². The third kappa shape index (κ3) is 4.99. The highest BCUT2D eigenvalue weighted by Gasteiger charge is 2.44. The van der Waals surface area contributed by atoms with Crippen LogP contribution in [0.1, 0.15) is 58.1 Å². The van der Waals surface area contributed by atoms with Gasteiger partial charge in [-0.05, 0) is 52.5 Å². The summed E-state index contributed by atoms with van der Waals surface area (Å²) in [5.74, 6) is 1.80. The largest absolute Gasteiger partial charge is 0.393 e. The molecule has 5 heterocycles. The fourth-order valence-electron chi connectivity index (χ4n) is 6.59. The minimum absolute atomic E-state index is 0.0615. The lowest BCUT2D eigenvalue weighted by atomic mass is 9.85. The number of aromatic nitrogens is 5. The first kappa shape index (κ1) is 27.2. The SMILES string of the molecule is COC[C@H](C)Nc1ncc2c(-c3cnn(C(C)(C)C(=O)N4C[C@H]5COC[C@H]5C4)c3)cc(C3CCC(O)CC3)n2n1.